The minimum Gasteiger partial charge on any atom is -0.462 e. The van der Waals surface area contributed by atoms with Crippen molar-refractivity contribution in [2.75, 3.05) is 6.61 Å². The number of hydrogen-bond donors (Lipinski definition) is 0. The van der Waals surface area contributed by atoms with Gasteiger partial charge in [-0.25, -0.2) is 4.79 Å². The Morgan fingerprint density at radius 3 is 1.25 bits per heavy atom. The summed E-state index contributed by atoms with van der Waals surface area (Å²) < 4.78 is 5.26. The van der Waals surface area contributed by atoms with Crippen molar-refractivity contribution in [1.29, 1.82) is 0 Å². The summed E-state index contributed by atoms with van der Waals surface area (Å²) in [5, 5.41) is 0. The van der Waals surface area contributed by atoms with Crippen molar-refractivity contribution in [1.82, 2.24) is 0 Å². The molecule has 6 aromatic carbocycles. The van der Waals surface area contributed by atoms with Crippen LogP contribution < -0.4 is 0 Å². The fraction of sp³-hybridized carbons (Fsp3) is 0.235. The van der Waals surface area contributed by atoms with E-state index in [1.807, 2.05) is 0 Å². The van der Waals surface area contributed by atoms with E-state index < -0.39 is 0 Å². The van der Waals surface area contributed by atoms with Gasteiger partial charge < -0.3 is 4.74 Å². The van der Waals surface area contributed by atoms with Crippen LogP contribution in [-0.2, 0) is 32.2 Å². The molecule has 6 aromatic rings. The molecule has 0 saturated heterocycles. The second kappa shape index (κ2) is 11.5. The van der Waals surface area contributed by atoms with Crippen LogP contribution in [0.4, 0.5) is 0 Å². The van der Waals surface area contributed by atoms with Crippen LogP contribution in [0.15, 0.2) is 122 Å². The van der Waals surface area contributed by atoms with Crippen LogP contribution in [0.5, 0.6) is 0 Å². The molecular weight excluding hydrogens is 645 g/mol. The van der Waals surface area contributed by atoms with Crippen molar-refractivity contribution in [2.45, 2.75) is 71.1 Å². The summed E-state index contributed by atoms with van der Waals surface area (Å²) in [7, 11) is 0. The van der Waals surface area contributed by atoms with Crippen molar-refractivity contribution in [3.63, 3.8) is 0 Å². The van der Waals surface area contributed by atoms with Gasteiger partial charge >= 0.3 is 5.97 Å². The highest BCUT2D eigenvalue weighted by atomic mass is 16.5. The SMILES string of the molecule is C=CC(=O)OCCc1ccc2c(c1)C(C)(C)c1cc(-c3ccc4c(c3)C(C)(C)c3cc(-c5ccc6c(c5)C(C)(C)c5cc(C)ccc5-6)ccc3-4)ccc1-2. The fourth-order valence-corrected chi connectivity index (χ4v) is 9.58. The first-order chi connectivity index (χ1) is 25.3. The first-order valence-electron chi connectivity index (χ1n) is 18.9. The largest absolute Gasteiger partial charge is 0.462 e. The molecular formula is C51H46O2. The molecule has 0 N–H and O–H groups in total. The Hall–Kier alpha value is -5.47. The van der Waals surface area contributed by atoms with Gasteiger partial charge in [-0.3, -0.25) is 0 Å². The lowest BCUT2D eigenvalue weighted by Gasteiger charge is -2.24. The van der Waals surface area contributed by atoms with Crippen molar-refractivity contribution < 1.29 is 9.53 Å². The van der Waals surface area contributed by atoms with Gasteiger partial charge in [-0.1, -0.05) is 139 Å². The third kappa shape index (κ3) is 4.95. The lowest BCUT2D eigenvalue weighted by Crippen LogP contribution is -2.16. The third-order valence-corrected chi connectivity index (χ3v) is 12.7. The first kappa shape index (κ1) is 33.4. The predicted octanol–water partition coefficient (Wildman–Crippen LogP) is 12.5. The summed E-state index contributed by atoms with van der Waals surface area (Å²) in [4.78, 5) is 11.6. The topological polar surface area (TPSA) is 26.3 Å². The number of fused-ring (bicyclic) bond motifs is 9. The van der Waals surface area contributed by atoms with Gasteiger partial charge in [0.1, 0.15) is 0 Å². The van der Waals surface area contributed by atoms with Crippen LogP contribution in [0.2, 0.25) is 0 Å². The monoisotopic (exact) mass is 690 g/mol. The zero-order valence-electron chi connectivity index (χ0n) is 31.9. The molecule has 3 aliphatic carbocycles. The fourth-order valence-electron chi connectivity index (χ4n) is 9.58. The van der Waals surface area contributed by atoms with Gasteiger partial charge in [-0.05, 0) is 126 Å². The average molecular weight is 691 g/mol. The van der Waals surface area contributed by atoms with Crippen molar-refractivity contribution in [2.24, 2.45) is 0 Å². The Bertz CT molecular complexity index is 2560. The Labute approximate surface area is 314 Å². The zero-order chi connectivity index (χ0) is 37.0. The van der Waals surface area contributed by atoms with E-state index in [-0.39, 0.29) is 22.2 Å². The number of carbonyl (C=O) groups is 1. The summed E-state index contributed by atoms with van der Waals surface area (Å²) >= 11 is 0. The summed E-state index contributed by atoms with van der Waals surface area (Å²) in [6.07, 6.45) is 1.90. The van der Waals surface area contributed by atoms with E-state index in [9.17, 15) is 4.79 Å². The average Bonchev–Trinajstić information content (AvgIpc) is 3.62. The highest BCUT2D eigenvalue weighted by Crippen LogP contribution is 2.54. The number of aryl methyl sites for hydroxylation is 1. The van der Waals surface area contributed by atoms with E-state index in [4.69, 9.17) is 4.74 Å². The van der Waals surface area contributed by atoms with Gasteiger partial charge in [-0.2, -0.15) is 0 Å². The Kier molecular flexibility index (Phi) is 7.25. The number of rotatable bonds is 6. The van der Waals surface area contributed by atoms with Crippen LogP contribution in [0, 0.1) is 6.92 Å². The van der Waals surface area contributed by atoms with E-state index in [0.717, 1.165) is 0 Å². The minimum atomic E-state index is -0.379. The molecule has 2 heteroatoms. The molecule has 0 aromatic heterocycles. The van der Waals surface area contributed by atoms with Crippen LogP contribution >= 0.6 is 0 Å². The smallest absolute Gasteiger partial charge is 0.330 e. The highest BCUT2D eigenvalue weighted by molar-refractivity contribution is 5.89. The van der Waals surface area contributed by atoms with Gasteiger partial charge in [0.15, 0.2) is 0 Å². The van der Waals surface area contributed by atoms with Crippen molar-refractivity contribution >= 4 is 5.97 Å². The Morgan fingerprint density at radius 2 is 0.849 bits per heavy atom. The van der Waals surface area contributed by atoms with E-state index in [1.54, 1.807) is 0 Å². The van der Waals surface area contributed by atoms with Crippen LogP contribution in [-0.4, -0.2) is 12.6 Å². The highest BCUT2D eigenvalue weighted by Gasteiger charge is 2.39. The lowest BCUT2D eigenvalue weighted by molar-refractivity contribution is -0.137. The molecule has 0 bridgehead atoms. The van der Waals surface area contributed by atoms with Crippen LogP contribution in [0.3, 0.4) is 0 Å². The second-order valence-electron chi connectivity index (χ2n) is 17.0. The van der Waals surface area contributed by atoms with Gasteiger partial charge in [-0.15, -0.1) is 0 Å². The predicted molar refractivity (Wildman–Crippen MR) is 220 cm³/mol. The number of benzene rings is 6. The maximum atomic E-state index is 11.6. The molecule has 0 atom stereocenters. The quantitative estimate of drug-likeness (QED) is 0.128. The maximum Gasteiger partial charge on any atom is 0.330 e. The molecule has 0 fully saturated rings. The van der Waals surface area contributed by atoms with Crippen LogP contribution in [0.1, 0.15) is 86.1 Å². The number of carbonyl (C=O) groups excluding carboxylic acids is 1. The number of ether oxygens (including phenoxy) is 1. The Balaban J connectivity index is 1.02. The second-order valence-corrected chi connectivity index (χ2v) is 17.0. The number of hydrogen-bond acceptors (Lipinski definition) is 2. The summed E-state index contributed by atoms with van der Waals surface area (Å²) in [6, 6.07) is 41.9. The van der Waals surface area contributed by atoms with E-state index in [2.05, 4.69) is 164 Å². The number of esters is 1. The molecule has 53 heavy (non-hydrogen) atoms. The van der Waals surface area contributed by atoms with E-state index >= 15 is 0 Å². The standard InChI is InChI=1S/C51H46O2/c1-9-48(52)53-23-22-31-11-17-37-39-19-13-33(27-45(39)50(5,6)43(37)25-31)35-15-21-41-40-20-14-34(28-46(40)51(7,8)47(41)29-35)32-12-18-38-36-16-10-30(2)24-42(36)49(3,4)44(38)26-32/h9-21,24-29H,1,22-23H2,2-8H3. The molecule has 0 amide bonds. The van der Waals surface area contributed by atoms with Gasteiger partial charge in [0.2, 0.25) is 0 Å². The first-order valence-corrected chi connectivity index (χ1v) is 18.9. The normalized spacial score (nSPS) is 15.8. The third-order valence-electron chi connectivity index (χ3n) is 12.7. The summed E-state index contributed by atoms with van der Waals surface area (Å²) in [5.41, 5.74) is 23.5. The zero-order valence-corrected chi connectivity index (χ0v) is 31.9. The minimum absolute atomic E-state index is 0.0306. The van der Waals surface area contributed by atoms with E-state index in [1.165, 1.54) is 106 Å². The molecule has 2 nitrogen and oxygen atoms in total. The van der Waals surface area contributed by atoms with Gasteiger partial charge in [0.25, 0.3) is 0 Å². The summed E-state index contributed by atoms with van der Waals surface area (Å²) in [6.45, 7) is 20.2. The summed E-state index contributed by atoms with van der Waals surface area (Å²) in [5.74, 6) is -0.379. The molecule has 262 valence electrons. The molecule has 0 unspecified atom stereocenters. The lowest BCUT2D eigenvalue weighted by atomic mass is 9.79. The molecule has 0 radical (unpaired) electrons. The Morgan fingerprint density at radius 1 is 0.509 bits per heavy atom. The molecule has 0 spiro atoms. The van der Waals surface area contributed by atoms with Gasteiger partial charge in [0.05, 0.1) is 6.61 Å². The molecule has 9 rings (SSSR count). The van der Waals surface area contributed by atoms with Crippen LogP contribution in [0.25, 0.3) is 55.6 Å². The van der Waals surface area contributed by atoms with Gasteiger partial charge in [0, 0.05) is 28.7 Å². The van der Waals surface area contributed by atoms with Crippen molar-refractivity contribution in [3.05, 3.63) is 166 Å². The maximum absolute atomic E-state index is 11.6. The molecule has 0 heterocycles. The molecule has 0 aliphatic heterocycles. The molecule has 3 aliphatic rings. The molecule has 0 saturated carbocycles. The van der Waals surface area contributed by atoms with E-state index in [0.29, 0.717) is 13.0 Å². The van der Waals surface area contributed by atoms with Crippen molar-refractivity contribution in [3.8, 4) is 55.6 Å².